The summed E-state index contributed by atoms with van der Waals surface area (Å²) >= 11 is 0. The van der Waals surface area contributed by atoms with Crippen LogP contribution >= 0.6 is 0 Å². The second-order valence-corrected chi connectivity index (χ2v) is 7.88. The standard InChI is InChI=1S/C21H25NO10/c22-9-4-12(25)10-6-15(31-21-19(29)18(28)17(27)16(7-23)32-21)20(30-14(10)5-9)8-1-2-11(24)13(26)3-8/h1-5,15-21,23-29H,6-7,22H2/t15-,16-,17-,18-,19-,20-,21-/m1/s1. The largest absolute Gasteiger partial charge is 0.507 e. The predicted molar refractivity (Wildman–Crippen MR) is 108 cm³/mol. The molecular weight excluding hydrogens is 426 g/mol. The maximum absolute atomic E-state index is 10.4. The lowest BCUT2D eigenvalue weighted by Gasteiger charge is -2.43. The zero-order valence-electron chi connectivity index (χ0n) is 16.8. The number of hydrogen-bond donors (Lipinski definition) is 8. The van der Waals surface area contributed by atoms with Crippen molar-refractivity contribution in [3.8, 4) is 23.0 Å². The lowest BCUT2D eigenvalue weighted by molar-refractivity contribution is -0.317. The molecule has 32 heavy (non-hydrogen) atoms. The van der Waals surface area contributed by atoms with Crippen molar-refractivity contribution in [1.29, 1.82) is 0 Å². The minimum atomic E-state index is -1.64. The van der Waals surface area contributed by atoms with E-state index in [1.165, 1.54) is 30.3 Å². The van der Waals surface area contributed by atoms with Crippen LogP contribution in [0.15, 0.2) is 30.3 Å². The first-order valence-electron chi connectivity index (χ1n) is 9.95. The van der Waals surface area contributed by atoms with Crippen LogP contribution in [0.25, 0.3) is 0 Å². The third kappa shape index (κ3) is 4.01. The van der Waals surface area contributed by atoms with Crippen LogP contribution in [0.1, 0.15) is 17.2 Å². The zero-order chi connectivity index (χ0) is 23.2. The maximum atomic E-state index is 10.4. The number of hydrogen-bond acceptors (Lipinski definition) is 11. The smallest absolute Gasteiger partial charge is 0.187 e. The average molecular weight is 451 g/mol. The van der Waals surface area contributed by atoms with Crippen molar-refractivity contribution >= 4 is 5.69 Å². The van der Waals surface area contributed by atoms with Crippen LogP contribution in [0.5, 0.6) is 23.0 Å². The minimum absolute atomic E-state index is 0.0722. The molecular formula is C21H25NO10. The molecule has 0 bridgehead atoms. The van der Waals surface area contributed by atoms with Crippen molar-refractivity contribution in [2.45, 2.75) is 49.3 Å². The predicted octanol–water partition coefficient (Wildman–Crippen LogP) is -0.753. The molecule has 11 nitrogen and oxygen atoms in total. The van der Waals surface area contributed by atoms with Crippen molar-refractivity contribution in [3.63, 3.8) is 0 Å². The molecule has 0 aliphatic carbocycles. The van der Waals surface area contributed by atoms with E-state index in [2.05, 4.69) is 0 Å². The van der Waals surface area contributed by atoms with Crippen molar-refractivity contribution in [2.75, 3.05) is 12.3 Å². The van der Waals surface area contributed by atoms with Gasteiger partial charge in [0.2, 0.25) is 0 Å². The van der Waals surface area contributed by atoms with Crippen LogP contribution in [0.3, 0.4) is 0 Å². The van der Waals surface area contributed by atoms with Gasteiger partial charge in [-0.05, 0) is 17.7 Å². The molecule has 1 saturated heterocycles. The van der Waals surface area contributed by atoms with Gasteiger partial charge in [-0.3, -0.25) is 0 Å². The number of rotatable bonds is 4. The number of phenols is 3. The summed E-state index contributed by atoms with van der Waals surface area (Å²) in [6.45, 7) is -0.621. The highest BCUT2D eigenvalue weighted by molar-refractivity contribution is 5.57. The molecule has 2 aromatic carbocycles. The molecule has 2 heterocycles. The van der Waals surface area contributed by atoms with Crippen LogP contribution in [-0.2, 0) is 15.9 Å². The van der Waals surface area contributed by atoms with E-state index in [-0.39, 0.29) is 35.1 Å². The van der Waals surface area contributed by atoms with Gasteiger partial charge >= 0.3 is 0 Å². The summed E-state index contributed by atoms with van der Waals surface area (Å²) in [7, 11) is 0. The van der Waals surface area contributed by atoms with Crippen molar-refractivity contribution < 1.29 is 50.0 Å². The Balaban J connectivity index is 1.68. The van der Waals surface area contributed by atoms with Gasteiger partial charge in [0.1, 0.15) is 42.0 Å². The van der Waals surface area contributed by atoms with E-state index in [9.17, 15) is 35.7 Å². The lowest BCUT2D eigenvalue weighted by Crippen LogP contribution is -2.60. The number of nitrogens with two attached hydrogens (primary N) is 1. The fourth-order valence-corrected chi connectivity index (χ4v) is 3.95. The van der Waals surface area contributed by atoms with Gasteiger partial charge < -0.3 is 55.7 Å². The molecule has 7 atom stereocenters. The quantitative estimate of drug-likeness (QED) is 0.215. The molecule has 0 aromatic heterocycles. The van der Waals surface area contributed by atoms with Gasteiger partial charge in [-0.1, -0.05) is 6.07 Å². The molecule has 2 aromatic rings. The first-order valence-corrected chi connectivity index (χ1v) is 9.95. The Bertz CT molecular complexity index is 983. The number of anilines is 1. The second kappa shape index (κ2) is 8.62. The Labute approximate surface area is 182 Å². The number of nitrogen functional groups attached to an aromatic ring is 1. The molecule has 2 aliphatic rings. The van der Waals surface area contributed by atoms with Gasteiger partial charge in [-0.25, -0.2) is 0 Å². The molecule has 174 valence electrons. The van der Waals surface area contributed by atoms with E-state index >= 15 is 0 Å². The summed E-state index contributed by atoms with van der Waals surface area (Å²) in [6, 6.07) is 6.92. The first kappa shape index (κ1) is 22.4. The van der Waals surface area contributed by atoms with Gasteiger partial charge in [0, 0.05) is 29.8 Å². The highest BCUT2D eigenvalue weighted by Gasteiger charge is 2.46. The summed E-state index contributed by atoms with van der Waals surface area (Å²) < 4.78 is 17.4. The van der Waals surface area contributed by atoms with E-state index < -0.39 is 49.5 Å². The normalized spacial score (nSPS) is 32.2. The van der Waals surface area contributed by atoms with E-state index in [0.717, 1.165) is 0 Å². The third-order valence-corrected chi connectivity index (χ3v) is 5.69. The topological polar surface area (TPSA) is 195 Å². The minimum Gasteiger partial charge on any atom is -0.507 e. The Morgan fingerprint density at radius 3 is 2.38 bits per heavy atom. The summed E-state index contributed by atoms with van der Waals surface area (Å²) in [5.41, 5.74) is 6.85. The van der Waals surface area contributed by atoms with Crippen LogP contribution in [0, 0.1) is 0 Å². The summed E-state index contributed by atoms with van der Waals surface area (Å²) in [5, 5.41) is 69.7. The van der Waals surface area contributed by atoms with E-state index in [1.807, 2.05) is 0 Å². The molecule has 0 radical (unpaired) electrons. The molecule has 0 saturated carbocycles. The van der Waals surface area contributed by atoms with Crippen LogP contribution in [0.2, 0.25) is 0 Å². The Kier molecular flexibility index (Phi) is 6.03. The van der Waals surface area contributed by atoms with Crippen LogP contribution in [0.4, 0.5) is 5.69 Å². The summed E-state index contributed by atoms with van der Waals surface area (Å²) in [5.74, 6) is -0.569. The molecule has 9 N–H and O–H groups in total. The van der Waals surface area contributed by atoms with E-state index in [1.54, 1.807) is 0 Å². The number of aliphatic hydroxyl groups is 4. The van der Waals surface area contributed by atoms with Crippen molar-refractivity contribution in [2.24, 2.45) is 0 Å². The first-order chi connectivity index (χ1) is 15.2. The van der Waals surface area contributed by atoms with Crippen LogP contribution < -0.4 is 10.5 Å². The van der Waals surface area contributed by atoms with Crippen molar-refractivity contribution in [3.05, 3.63) is 41.5 Å². The van der Waals surface area contributed by atoms with Gasteiger partial charge in [0.05, 0.1) is 6.61 Å². The second-order valence-electron chi connectivity index (χ2n) is 7.88. The zero-order valence-corrected chi connectivity index (χ0v) is 16.8. The fourth-order valence-electron chi connectivity index (χ4n) is 3.95. The molecule has 0 unspecified atom stereocenters. The molecule has 2 aliphatic heterocycles. The van der Waals surface area contributed by atoms with Crippen molar-refractivity contribution in [1.82, 2.24) is 0 Å². The van der Waals surface area contributed by atoms with Gasteiger partial charge in [0.25, 0.3) is 0 Å². The van der Waals surface area contributed by atoms with E-state index in [0.29, 0.717) is 11.1 Å². The number of ether oxygens (including phenoxy) is 3. The van der Waals surface area contributed by atoms with Gasteiger partial charge in [-0.2, -0.15) is 0 Å². The summed E-state index contributed by atoms with van der Waals surface area (Å²) in [6.07, 6.45) is -9.16. The van der Waals surface area contributed by atoms with Gasteiger partial charge in [0.15, 0.2) is 23.9 Å². The SMILES string of the molecule is Nc1cc(O)c2c(c1)O[C@H](c1ccc(O)c(O)c1)[C@H](O[C@@H]1O[C@H](CO)[C@@H](O)[C@@H](O)[C@H]1O)C2. The molecule has 0 amide bonds. The fraction of sp³-hybridized carbons (Fsp3) is 0.429. The number of aliphatic hydroxyl groups excluding tert-OH is 4. The molecule has 0 spiro atoms. The van der Waals surface area contributed by atoms with E-state index in [4.69, 9.17) is 19.9 Å². The Hall–Kier alpha value is -2.80. The monoisotopic (exact) mass is 451 g/mol. The highest BCUT2D eigenvalue weighted by atomic mass is 16.7. The number of aromatic hydroxyl groups is 3. The molecule has 4 rings (SSSR count). The average Bonchev–Trinajstić information content (AvgIpc) is 2.76. The Morgan fingerprint density at radius 1 is 0.938 bits per heavy atom. The Morgan fingerprint density at radius 2 is 1.69 bits per heavy atom. The number of phenolic OH excluding ortho intramolecular Hbond substituents is 3. The third-order valence-electron chi connectivity index (χ3n) is 5.69. The maximum Gasteiger partial charge on any atom is 0.187 e. The molecule has 11 heteroatoms. The van der Waals surface area contributed by atoms with Crippen LogP contribution in [-0.4, -0.2) is 79.2 Å². The number of fused-ring (bicyclic) bond motifs is 1. The lowest BCUT2D eigenvalue weighted by atomic mass is 9.93. The summed E-state index contributed by atoms with van der Waals surface area (Å²) in [4.78, 5) is 0. The van der Waals surface area contributed by atoms with Gasteiger partial charge in [-0.15, -0.1) is 0 Å². The highest BCUT2D eigenvalue weighted by Crippen LogP contribution is 2.44. The number of benzene rings is 2. The molecule has 1 fully saturated rings.